The summed E-state index contributed by atoms with van der Waals surface area (Å²) in [6.45, 7) is 0. The molecule has 0 radical (unpaired) electrons. The molecule has 1 fully saturated rings. The van der Waals surface area contributed by atoms with Gasteiger partial charge in [0, 0.05) is 0 Å². The fraction of sp³-hybridized carbons (Fsp3) is 0.500. The van der Waals surface area contributed by atoms with Gasteiger partial charge in [-0.05, 0) is 12.9 Å². The van der Waals surface area contributed by atoms with Crippen molar-refractivity contribution in [3.8, 4) is 0 Å². The molecule has 3 heterocycles. The van der Waals surface area contributed by atoms with Crippen LogP contribution in [0.25, 0.3) is 11.2 Å². The normalized spacial score (nSPS) is 29.2. The van der Waals surface area contributed by atoms with Crippen LogP contribution in [0.4, 0.5) is 0 Å². The van der Waals surface area contributed by atoms with E-state index in [4.69, 9.17) is 14.5 Å². The molecule has 0 saturated carbocycles. The maximum atomic E-state index is 11.0. The number of hydrogen-bond donors (Lipinski definition) is 5. The minimum absolute atomic E-state index is 0.334. The van der Waals surface area contributed by atoms with Crippen LogP contribution in [0.2, 0.25) is 0 Å². The fourth-order valence-corrected chi connectivity index (χ4v) is 3.05. The summed E-state index contributed by atoms with van der Waals surface area (Å²) in [5.41, 5.74) is 0.765. The number of ether oxygens (including phenoxy) is 1. The van der Waals surface area contributed by atoms with E-state index in [2.05, 4.69) is 36.6 Å². The first-order valence-electron chi connectivity index (χ1n) is 6.50. The van der Waals surface area contributed by atoms with E-state index in [1.54, 1.807) is 0 Å². The van der Waals surface area contributed by atoms with Gasteiger partial charge in [0.2, 0.25) is 6.29 Å². The lowest BCUT2D eigenvalue weighted by Gasteiger charge is -2.23. The number of aliphatic hydroxyl groups excluding tert-OH is 2. The predicted octanol–water partition coefficient (Wildman–Crippen LogP) is -1.26. The molecule has 24 heavy (non-hydrogen) atoms. The molecule has 3 rings (SSSR count). The molecule has 2 aromatic rings. The zero-order valence-electron chi connectivity index (χ0n) is 11.7. The Bertz CT molecular complexity index is 770. The van der Waals surface area contributed by atoms with Crippen molar-refractivity contribution in [3.05, 3.63) is 18.9 Å². The second kappa shape index (κ2) is 6.63. The predicted molar refractivity (Wildman–Crippen MR) is 78.2 cm³/mol. The molecular weight excluding hydrogens is 367 g/mol. The molecule has 1 saturated heterocycles. The van der Waals surface area contributed by atoms with Crippen molar-refractivity contribution in [1.29, 1.82) is 0 Å². The van der Waals surface area contributed by atoms with E-state index in [0.717, 1.165) is 0 Å². The Morgan fingerprint density at radius 2 is 2.08 bits per heavy atom. The van der Waals surface area contributed by atoms with Crippen LogP contribution in [0.3, 0.4) is 0 Å². The van der Waals surface area contributed by atoms with Crippen LogP contribution in [-0.2, 0) is 18.0 Å². The number of aromatic nitrogens is 4. The highest BCUT2D eigenvalue weighted by Crippen LogP contribution is 2.42. The summed E-state index contributed by atoms with van der Waals surface area (Å²) < 4.78 is 26.6. The minimum atomic E-state index is -4.94. The molecule has 132 valence electrons. The first-order chi connectivity index (χ1) is 11.3. The van der Waals surface area contributed by atoms with E-state index in [0.29, 0.717) is 11.2 Å². The van der Waals surface area contributed by atoms with Crippen molar-refractivity contribution in [3.63, 3.8) is 0 Å². The van der Waals surface area contributed by atoms with Crippen LogP contribution in [0, 0.1) is 0 Å². The number of hydrogen-bond acceptors (Lipinski definition) is 10. The van der Waals surface area contributed by atoms with Gasteiger partial charge in [0.1, 0.15) is 30.2 Å². The van der Waals surface area contributed by atoms with Gasteiger partial charge in [0.15, 0.2) is 11.9 Å². The summed E-state index contributed by atoms with van der Waals surface area (Å²) in [6, 6.07) is 0. The third-order valence-corrected chi connectivity index (χ3v) is 4.09. The average Bonchev–Trinajstić information content (AvgIpc) is 3.07. The zero-order chi connectivity index (χ0) is 17.5. The quantitative estimate of drug-likeness (QED) is 0.182. The summed E-state index contributed by atoms with van der Waals surface area (Å²) >= 11 is 3.46. The molecule has 0 bridgehead atoms. The monoisotopic (exact) mass is 380 g/mol. The highest BCUT2D eigenvalue weighted by Gasteiger charge is 2.50. The van der Waals surface area contributed by atoms with Crippen molar-refractivity contribution in [2.24, 2.45) is 0 Å². The molecule has 4 N–H and O–H groups in total. The highest BCUT2D eigenvalue weighted by molar-refractivity contribution is 7.75. The molecule has 12 nitrogen and oxygen atoms in total. The van der Waals surface area contributed by atoms with Crippen molar-refractivity contribution < 1.29 is 38.0 Å². The van der Waals surface area contributed by atoms with Crippen LogP contribution >= 0.6 is 20.7 Å². The Balaban J connectivity index is 1.88. The number of fused-ring (bicyclic) bond motifs is 1. The third-order valence-electron chi connectivity index (χ3n) is 3.40. The second-order valence-corrected chi connectivity index (χ2v) is 6.33. The maximum absolute atomic E-state index is 11.0. The average molecular weight is 380 g/mol. The summed E-state index contributed by atoms with van der Waals surface area (Å²) in [7, 11) is -4.94. The van der Waals surface area contributed by atoms with Gasteiger partial charge in [-0.1, -0.05) is 0 Å². The number of imidazole rings is 1. The fourth-order valence-electron chi connectivity index (χ4n) is 2.39. The van der Waals surface area contributed by atoms with Crippen molar-refractivity contribution in [1.82, 2.24) is 19.5 Å². The first-order valence-corrected chi connectivity index (χ1v) is 8.39. The largest absolute Gasteiger partial charge is 0.472 e. The van der Waals surface area contributed by atoms with Gasteiger partial charge in [-0.15, -0.1) is 0 Å². The number of phosphoric ester groups is 1. The lowest BCUT2D eigenvalue weighted by atomic mass is 10.1. The van der Waals surface area contributed by atoms with Crippen LogP contribution in [-0.4, -0.2) is 64.1 Å². The molecule has 0 aromatic carbocycles. The number of nitrogens with zero attached hydrogens (tertiary/aromatic N) is 4. The number of phosphoric acid groups is 1. The van der Waals surface area contributed by atoms with Gasteiger partial charge >= 0.3 is 7.82 Å². The molecule has 1 aliphatic rings. The van der Waals surface area contributed by atoms with Gasteiger partial charge < -0.3 is 24.7 Å². The Morgan fingerprint density at radius 1 is 1.33 bits per heavy atom. The Hall–Kier alpha value is -1.15. The van der Waals surface area contributed by atoms with Crippen molar-refractivity contribution >= 4 is 31.9 Å². The van der Waals surface area contributed by atoms with Crippen LogP contribution < -0.4 is 0 Å². The minimum Gasteiger partial charge on any atom is -0.387 e. The number of rotatable bonds is 5. The Morgan fingerprint density at radius 3 is 2.75 bits per heavy atom. The Kier molecular flexibility index (Phi) is 4.88. The van der Waals surface area contributed by atoms with Gasteiger partial charge in [-0.25, -0.2) is 19.5 Å². The van der Waals surface area contributed by atoms with E-state index < -0.39 is 38.7 Å². The molecular formula is C10H13N4O8PS. The highest BCUT2D eigenvalue weighted by atomic mass is 32.1. The molecule has 0 unspecified atom stereocenters. The summed E-state index contributed by atoms with van der Waals surface area (Å²) in [5.74, 6) is 0. The zero-order valence-corrected chi connectivity index (χ0v) is 13.5. The van der Waals surface area contributed by atoms with Gasteiger partial charge in [-0.2, -0.15) is 0 Å². The third kappa shape index (κ3) is 3.31. The molecule has 0 amide bonds. The number of aliphatic hydroxyl groups is 2. The molecule has 0 spiro atoms. The SMILES string of the molecule is O=P(O)(O)O[C@@H](OS)[C@H]1O[C@@H](n2cnc3cncnc32)[C@H](O)[C@@H]1O. The maximum Gasteiger partial charge on any atom is 0.472 e. The second-order valence-electron chi connectivity index (χ2n) is 4.93. The summed E-state index contributed by atoms with van der Waals surface area (Å²) in [5, 5.41) is 20.3. The van der Waals surface area contributed by atoms with Crippen molar-refractivity contribution in [2.75, 3.05) is 0 Å². The molecule has 2 aromatic heterocycles. The number of thiol groups is 1. The van der Waals surface area contributed by atoms with Crippen LogP contribution in [0.1, 0.15) is 6.23 Å². The lowest BCUT2D eigenvalue weighted by molar-refractivity contribution is -0.141. The van der Waals surface area contributed by atoms with E-state index >= 15 is 0 Å². The van der Waals surface area contributed by atoms with E-state index in [9.17, 15) is 14.8 Å². The van der Waals surface area contributed by atoms with E-state index in [1.165, 1.54) is 23.4 Å². The van der Waals surface area contributed by atoms with Gasteiger partial charge in [-0.3, -0.25) is 13.3 Å². The Labute approximate surface area is 139 Å². The topological polar surface area (TPSA) is 169 Å². The van der Waals surface area contributed by atoms with E-state index in [1.807, 2.05) is 0 Å². The smallest absolute Gasteiger partial charge is 0.387 e. The summed E-state index contributed by atoms with van der Waals surface area (Å²) in [4.78, 5) is 29.6. The standard InChI is InChI=1S/C10H13N4O8PS/c15-5-6(16)9(14-3-13-4-1-11-2-12-8(4)14)20-7(5)10(22-24)21-23(17,18)19/h1-3,5-7,9-10,15-16,24H,(H2,17,18,19)/t5-,6+,7-,9+,10-/m0/s1. The summed E-state index contributed by atoms with van der Waals surface area (Å²) in [6.07, 6.45) is -3.29. The van der Waals surface area contributed by atoms with Crippen LogP contribution in [0.5, 0.6) is 0 Å². The van der Waals surface area contributed by atoms with Crippen LogP contribution in [0.15, 0.2) is 18.9 Å². The molecule has 0 aliphatic carbocycles. The van der Waals surface area contributed by atoms with Gasteiger partial charge in [0.25, 0.3) is 0 Å². The molecule has 1 aliphatic heterocycles. The molecule has 14 heteroatoms. The van der Waals surface area contributed by atoms with Crippen molar-refractivity contribution in [2.45, 2.75) is 30.8 Å². The molecule has 5 atom stereocenters. The first kappa shape index (κ1) is 17.7. The van der Waals surface area contributed by atoms with Gasteiger partial charge in [0.05, 0.1) is 12.5 Å². The lowest BCUT2D eigenvalue weighted by Crippen LogP contribution is -2.40. The van der Waals surface area contributed by atoms with E-state index in [-0.39, 0.29) is 0 Å².